The number of ketones is 1. The molecule has 1 heterocycles. The van der Waals surface area contributed by atoms with Crippen LogP contribution in [0.5, 0.6) is 0 Å². The van der Waals surface area contributed by atoms with Crippen molar-refractivity contribution in [1.82, 2.24) is 15.1 Å². The molecule has 0 aromatic heterocycles. The summed E-state index contributed by atoms with van der Waals surface area (Å²) >= 11 is 1.54. The Morgan fingerprint density at radius 3 is 2.56 bits per heavy atom. The number of rotatable bonds is 4. The van der Waals surface area contributed by atoms with E-state index in [1.807, 2.05) is 30.1 Å². The molecule has 0 aromatic carbocycles. The van der Waals surface area contributed by atoms with Gasteiger partial charge in [0.1, 0.15) is 11.6 Å². The third-order valence-corrected chi connectivity index (χ3v) is 3.65. The molecule has 0 saturated heterocycles. The van der Waals surface area contributed by atoms with Gasteiger partial charge in [-0.25, -0.2) is 0 Å². The van der Waals surface area contributed by atoms with Gasteiger partial charge >= 0.3 is 0 Å². The second-order valence-corrected chi connectivity index (χ2v) is 4.85. The summed E-state index contributed by atoms with van der Waals surface area (Å²) in [7, 11) is 3.81. The smallest absolute Gasteiger partial charge is 0.222 e. The van der Waals surface area contributed by atoms with Crippen molar-refractivity contribution >= 4 is 23.5 Å². The van der Waals surface area contributed by atoms with Gasteiger partial charge in [0.15, 0.2) is 5.50 Å². The van der Waals surface area contributed by atoms with Crippen molar-refractivity contribution in [2.45, 2.75) is 19.3 Å². The van der Waals surface area contributed by atoms with E-state index in [-0.39, 0.29) is 17.2 Å². The van der Waals surface area contributed by atoms with Crippen molar-refractivity contribution in [2.75, 3.05) is 19.8 Å². The summed E-state index contributed by atoms with van der Waals surface area (Å²) in [5.74, 6) is 1.29. The summed E-state index contributed by atoms with van der Waals surface area (Å²) in [5, 5.41) is 2.75. The van der Waals surface area contributed by atoms with Gasteiger partial charge in [0, 0.05) is 27.2 Å². The molecule has 0 saturated carbocycles. The minimum atomic E-state index is -0.0938. The number of carbonyl (C=O) groups is 2. The van der Waals surface area contributed by atoms with E-state index in [0.717, 1.165) is 5.82 Å². The van der Waals surface area contributed by atoms with Crippen LogP contribution in [0.15, 0.2) is 12.0 Å². The Morgan fingerprint density at radius 2 is 2.06 bits per heavy atom. The molecule has 1 rings (SSSR count). The quantitative estimate of drug-likeness (QED) is 0.775. The molecule has 1 N–H and O–H groups in total. The number of nitrogens with zero attached hydrogens (tertiary/aromatic N) is 2. The number of thioether (sulfide) groups is 1. The zero-order valence-electron chi connectivity index (χ0n) is 9.98. The first-order valence-corrected chi connectivity index (χ1v) is 6.02. The SMILES string of the molecule is CC(=O)CSC1N(C)C=C(NC(C)=O)N1C. The maximum Gasteiger partial charge on any atom is 0.222 e. The predicted octanol–water partition coefficient (Wildman–Crippen LogP) is 0.404. The van der Waals surface area contributed by atoms with E-state index in [0.29, 0.717) is 5.75 Å². The molecule has 6 heteroatoms. The fourth-order valence-corrected chi connectivity index (χ4v) is 2.48. The molecule has 0 spiro atoms. The van der Waals surface area contributed by atoms with Crippen LogP contribution in [0.3, 0.4) is 0 Å². The molecule has 1 aliphatic heterocycles. The Morgan fingerprint density at radius 1 is 1.44 bits per heavy atom. The molecule has 90 valence electrons. The van der Waals surface area contributed by atoms with Crippen LogP contribution in [0.1, 0.15) is 13.8 Å². The summed E-state index contributed by atoms with van der Waals surface area (Å²) in [5.41, 5.74) is 0.0609. The van der Waals surface area contributed by atoms with E-state index >= 15 is 0 Å². The average molecular weight is 243 g/mol. The third-order valence-electron chi connectivity index (χ3n) is 2.13. The Bertz CT molecular complexity index is 330. The lowest BCUT2D eigenvalue weighted by Gasteiger charge is -2.27. The van der Waals surface area contributed by atoms with E-state index < -0.39 is 0 Å². The minimum Gasteiger partial charge on any atom is -0.349 e. The van der Waals surface area contributed by atoms with Crippen molar-refractivity contribution in [2.24, 2.45) is 0 Å². The monoisotopic (exact) mass is 243 g/mol. The van der Waals surface area contributed by atoms with Crippen molar-refractivity contribution < 1.29 is 9.59 Å². The highest BCUT2D eigenvalue weighted by Gasteiger charge is 2.27. The van der Waals surface area contributed by atoms with Crippen LogP contribution in [-0.4, -0.2) is 46.8 Å². The van der Waals surface area contributed by atoms with Gasteiger partial charge in [-0.15, -0.1) is 11.8 Å². The largest absolute Gasteiger partial charge is 0.349 e. The molecule has 0 radical (unpaired) electrons. The fraction of sp³-hybridized carbons (Fsp3) is 0.600. The van der Waals surface area contributed by atoms with Crippen molar-refractivity contribution in [3.63, 3.8) is 0 Å². The first-order valence-electron chi connectivity index (χ1n) is 4.97. The number of amides is 1. The first-order chi connectivity index (χ1) is 7.41. The van der Waals surface area contributed by atoms with Crippen LogP contribution in [0.2, 0.25) is 0 Å². The highest BCUT2D eigenvalue weighted by Crippen LogP contribution is 2.26. The van der Waals surface area contributed by atoms with Crippen LogP contribution >= 0.6 is 11.8 Å². The lowest BCUT2D eigenvalue weighted by atomic mass is 10.5. The van der Waals surface area contributed by atoms with Crippen LogP contribution < -0.4 is 5.32 Å². The van der Waals surface area contributed by atoms with E-state index in [1.165, 1.54) is 18.7 Å². The average Bonchev–Trinajstić information content (AvgIpc) is 2.39. The van der Waals surface area contributed by atoms with Crippen LogP contribution in [-0.2, 0) is 9.59 Å². The van der Waals surface area contributed by atoms with Crippen LogP contribution in [0, 0.1) is 0 Å². The number of nitrogens with one attached hydrogen (secondary N) is 1. The number of carbonyl (C=O) groups excluding carboxylic acids is 2. The summed E-state index contributed by atoms with van der Waals surface area (Å²) in [4.78, 5) is 25.8. The van der Waals surface area contributed by atoms with E-state index in [4.69, 9.17) is 0 Å². The van der Waals surface area contributed by atoms with Crippen LogP contribution in [0.25, 0.3) is 0 Å². The number of Topliss-reactive ketones (excluding diaryl/α,β-unsaturated/α-hetero) is 1. The zero-order chi connectivity index (χ0) is 12.3. The van der Waals surface area contributed by atoms with Crippen molar-refractivity contribution in [3.05, 3.63) is 12.0 Å². The lowest BCUT2D eigenvalue weighted by Crippen LogP contribution is -2.36. The highest BCUT2D eigenvalue weighted by molar-refractivity contribution is 8.00. The van der Waals surface area contributed by atoms with E-state index in [2.05, 4.69) is 5.32 Å². The maximum atomic E-state index is 11.0. The molecule has 0 aliphatic carbocycles. The molecule has 1 unspecified atom stereocenters. The molecular formula is C10H17N3O2S. The Balaban J connectivity index is 2.58. The zero-order valence-corrected chi connectivity index (χ0v) is 10.8. The molecule has 1 atom stereocenters. The van der Waals surface area contributed by atoms with Gasteiger partial charge in [-0.3, -0.25) is 9.59 Å². The topological polar surface area (TPSA) is 52.7 Å². The molecule has 16 heavy (non-hydrogen) atoms. The van der Waals surface area contributed by atoms with Gasteiger partial charge in [-0.2, -0.15) is 0 Å². The van der Waals surface area contributed by atoms with E-state index in [1.54, 1.807) is 6.92 Å². The van der Waals surface area contributed by atoms with Gasteiger partial charge in [0.25, 0.3) is 0 Å². The van der Waals surface area contributed by atoms with Crippen molar-refractivity contribution in [3.8, 4) is 0 Å². The molecule has 5 nitrogen and oxygen atoms in total. The van der Waals surface area contributed by atoms with Gasteiger partial charge in [0.05, 0.1) is 5.75 Å². The lowest BCUT2D eigenvalue weighted by molar-refractivity contribution is -0.118. The minimum absolute atomic E-state index is 0.0609. The second kappa shape index (κ2) is 5.25. The summed E-state index contributed by atoms with van der Waals surface area (Å²) < 4.78 is 0. The Kier molecular flexibility index (Phi) is 4.23. The number of hydrogen-bond donors (Lipinski definition) is 1. The summed E-state index contributed by atoms with van der Waals surface area (Å²) in [6.45, 7) is 3.05. The highest BCUT2D eigenvalue weighted by atomic mass is 32.2. The second-order valence-electron chi connectivity index (χ2n) is 3.81. The molecule has 0 aromatic rings. The maximum absolute atomic E-state index is 11.0. The summed E-state index contributed by atoms with van der Waals surface area (Å²) in [6, 6.07) is 0. The molecule has 0 bridgehead atoms. The Labute approximate surface area is 99.8 Å². The van der Waals surface area contributed by atoms with Gasteiger partial charge in [-0.1, -0.05) is 0 Å². The van der Waals surface area contributed by atoms with Crippen molar-refractivity contribution in [1.29, 1.82) is 0 Å². The third kappa shape index (κ3) is 3.16. The molecule has 0 fully saturated rings. The molecule has 1 aliphatic rings. The Hall–Kier alpha value is -1.17. The predicted molar refractivity (Wildman–Crippen MR) is 64.4 cm³/mol. The normalized spacial score (nSPS) is 19.8. The molecular weight excluding hydrogens is 226 g/mol. The molecule has 1 amide bonds. The van der Waals surface area contributed by atoms with E-state index in [9.17, 15) is 9.59 Å². The number of hydrogen-bond acceptors (Lipinski definition) is 5. The standard InChI is InChI=1S/C10H17N3O2S/c1-7(14)6-16-10-12(3)5-9(13(10)4)11-8(2)15/h5,10H,6H2,1-4H3,(H,11,15). The van der Waals surface area contributed by atoms with Gasteiger partial charge < -0.3 is 15.1 Å². The summed E-state index contributed by atoms with van der Waals surface area (Å²) in [6.07, 6.45) is 1.86. The van der Waals surface area contributed by atoms with Crippen LogP contribution in [0.4, 0.5) is 0 Å². The fourth-order valence-electron chi connectivity index (χ4n) is 1.46. The van der Waals surface area contributed by atoms with Gasteiger partial charge in [-0.05, 0) is 6.92 Å². The van der Waals surface area contributed by atoms with Gasteiger partial charge in [0.2, 0.25) is 5.91 Å². The first kappa shape index (κ1) is 12.9.